The smallest absolute Gasteiger partial charge is 0.240 e. The van der Waals surface area contributed by atoms with Gasteiger partial charge in [0.05, 0.1) is 37.0 Å². The van der Waals surface area contributed by atoms with Crippen LogP contribution in [0.4, 0.5) is 0 Å². The first-order valence-corrected chi connectivity index (χ1v) is 8.91. The molecule has 1 atom stereocenters. The zero-order valence-electron chi connectivity index (χ0n) is 15.9. The number of carbonyl (C=O) groups excluding carboxylic acids is 1. The Balaban J connectivity index is 1.70. The lowest BCUT2D eigenvalue weighted by Gasteiger charge is -2.20. The molecule has 28 heavy (non-hydrogen) atoms. The number of ether oxygens (including phenoxy) is 2. The van der Waals surface area contributed by atoms with E-state index in [2.05, 4.69) is 15.1 Å². The summed E-state index contributed by atoms with van der Waals surface area (Å²) in [6.07, 6.45) is 3.92. The third kappa shape index (κ3) is 3.15. The van der Waals surface area contributed by atoms with E-state index in [1.165, 1.54) is 11.9 Å². The van der Waals surface area contributed by atoms with E-state index >= 15 is 0 Å². The summed E-state index contributed by atoms with van der Waals surface area (Å²) in [5.41, 5.74) is 4.30. The van der Waals surface area contributed by atoms with Gasteiger partial charge in [-0.05, 0) is 35.9 Å². The van der Waals surface area contributed by atoms with E-state index < -0.39 is 0 Å². The van der Waals surface area contributed by atoms with Crippen LogP contribution in [0.1, 0.15) is 30.5 Å². The molecule has 1 unspecified atom stereocenters. The van der Waals surface area contributed by atoms with E-state index in [0.717, 1.165) is 27.9 Å². The maximum Gasteiger partial charge on any atom is 0.240 e. The maximum absolute atomic E-state index is 12.2. The van der Waals surface area contributed by atoms with E-state index in [1.807, 2.05) is 36.4 Å². The average molecular weight is 376 g/mol. The Hall–Kier alpha value is -3.48. The minimum absolute atomic E-state index is 0.111. The Morgan fingerprint density at radius 2 is 1.75 bits per heavy atom. The molecule has 142 valence electrons. The van der Waals surface area contributed by atoms with Gasteiger partial charge in [-0.3, -0.25) is 14.8 Å². The van der Waals surface area contributed by atoms with Crippen LogP contribution in [-0.2, 0) is 4.79 Å². The van der Waals surface area contributed by atoms with Crippen LogP contribution < -0.4 is 9.47 Å². The zero-order valence-corrected chi connectivity index (χ0v) is 15.9. The fourth-order valence-electron chi connectivity index (χ4n) is 3.44. The van der Waals surface area contributed by atoms with Crippen molar-refractivity contribution in [1.29, 1.82) is 0 Å². The first-order chi connectivity index (χ1) is 13.6. The average Bonchev–Trinajstić information content (AvgIpc) is 3.18. The summed E-state index contributed by atoms with van der Waals surface area (Å²) in [5.74, 6) is 1.17. The number of fused-ring (bicyclic) bond motifs is 1. The number of carbonyl (C=O) groups is 1. The molecule has 7 heteroatoms. The predicted molar refractivity (Wildman–Crippen MR) is 105 cm³/mol. The molecule has 3 aromatic rings. The van der Waals surface area contributed by atoms with E-state index in [9.17, 15) is 4.79 Å². The van der Waals surface area contributed by atoms with E-state index in [1.54, 1.807) is 26.6 Å². The second kappa shape index (κ2) is 7.26. The molecular formula is C21H20N4O3. The molecule has 0 saturated heterocycles. The highest BCUT2D eigenvalue weighted by atomic mass is 16.5. The van der Waals surface area contributed by atoms with Crippen LogP contribution in [0.5, 0.6) is 11.5 Å². The van der Waals surface area contributed by atoms with Gasteiger partial charge in [0.1, 0.15) is 0 Å². The molecule has 7 nitrogen and oxygen atoms in total. The van der Waals surface area contributed by atoms with E-state index in [4.69, 9.17) is 9.47 Å². The van der Waals surface area contributed by atoms with Crippen LogP contribution in [-0.4, -0.2) is 40.8 Å². The summed E-state index contributed by atoms with van der Waals surface area (Å²) in [6, 6.07) is 11.3. The molecule has 1 aromatic heterocycles. The third-order valence-corrected chi connectivity index (χ3v) is 4.83. The van der Waals surface area contributed by atoms with Gasteiger partial charge in [-0.25, -0.2) is 5.01 Å². The van der Waals surface area contributed by atoms with Crippen molar-refractivity contribution in [2.75, 3.05) is 14.2 Å². The maximum atomic E-state index is 12.2. The highest BCUT2D eigenvalue weighted by Crippen LogP contribution is 2.35. The molecule has 0 saturated carbocycles. The van der Waals surface area contributed by atoms with Crippen molar-refractivity contribution >= 4 is 22.7 Å². The SMILES string of the molecule is COc1ccc(C2=NN(C(C)=O)C(c3ccc4nccnc4c3)C2)cc1OC. The zero-order chi connectivity index (χ0) is 19.7. The van der Waals surface area contributed by atoms with E-state index in [0.29, 0.717) is 17.9 Å². The molecule has 1 amide bonds. The van der Waals surface area contributed by atoms with Gasteiger partial charge in [-0.1, -0.05) is 6.07 Å². The number of hydrogen-bond donors (Lipinski definition) is 0. The first-order valence-electron chi connectivity index (χ1n) is 8.91. The Labute approximate surface area is 162 Å². The van der Waals surface area contributed by atoms with Crippen molar-refractivity contribution in [3.05, 3.63) is 59.9 Å². The monoisotopic (exact) mass is 376 g/mol. The van der Waals surface area contributed by atoms with Gasteiger partial charge in [0.15, 0.2) is 11.5 Å². The summed E-state index contributed by atoms with van der Waals surface area (Å²) in [7, 11) is 3.19. The molecule has 0 radical (unpaired) electrons. The van der Waals surface area contributed by atoms with Gasteiger partial charge in [-0.2, -0.15) is 5.10 Å². The molecule has 0 fully saturated rings. The minimum atomic E-state index is -0.188. The van der Waals surface area contributed by atoms with Crippen LogP contribution >= 0.6 is 0 Å². The van der Waals surface area contributed by atoms with Crippen LogP contribution in [0.3, 0.4) is 0 Å². The predicted octanol–water partition coefficient (Wildman–Crippen LogP) is 3.34. The van der Waals surface area contributed by atoms with Crippen LogP contribution in [0.15, 0.2) is 53.9 Å². The number of nitrogens with zero attached hydrogens (tertiary/aromatic N) is 4. The third-order valence-electron chi connectivity index (χ3n) is 4.83. The molecule has 1 aliphatic heterocycles. The van der Waals surface area contributed by atoms with Crippen molar-refractivity contribution < 1.29 is 14.3 Å². The quantitative estimate of drug-likeness (QED) is 0.698. The van der Waals surface area contributed by atoms with Gasteiger partial charge >= 0.3 is 0 Å². The number of benzene rings is 2. The molecule has 4 rings (SSSR count). The Morgan fingerprint density at radius 3 is 2.46 bits per heavy atom. The standard InChI is InChI=1S/C21H20N4O3/c1-13(26)25-19(15-4-6-16-18(10-15)23-9-8-22-16)12-17(24-25)14-5-7-20(27-2)21(11-14)28-3/h4-11,19H,12H2,1-3H3. The second-order valence-electron chi connectivity index (χ2n) is 6.50. The topological polar surface area (TPSA) is 76.9 Å². The van der Waals surface area contributed by atoms with Crippen molar-refractivity contribution in [3.8, 4) is 11.5 Å². The highest BCUT2D eigenvalue weighted by molar-refractivity contribution is 6.03. The number of methoxy groups -OCH3 is 2. The number of amides is 1. The largest absolute Gasteiger partial charge is 0.493 e. The summed E-state index contributed by atoms with van der Waals surface area (Å²) in [4.78, 5) is 20.9. The Bertz CT molecular complexity index is 1080. The summed E-state index contributed by atoms with van der Waals surface area (Å²) >= 11 is 0. The number of hydrogen-bond acceptors (Lipinski definition) is 6. The molecule has 2 aromatic carbocycles. The summed E-state index contributed by atoms with van der Waals surface area (Å²) in [6.45, 7) is 1.52. The van der Waals surface area contributed by atoms with Crippen molar-refractivity contribution in [2.45, 2.75) is 19.4 Å². The van der Waals surface area contributed by atoms with Gasteiger partial charge in [0.2, 0.25) is 5.91 Å². The fourth-order valence-corrected chi connectivity index (χ4v) is 3.44. The van der Waals surface area contributed by atoms with Gasteiger partial charge in [0.25, 0.3) is 0 Å². The molecule has 0 spiro atoms. The van der Waals surface area contributed by atoms with Gasteiger partial charge < -0.3 is 9.47 Å². The second-order valence-corrected chi connectivity index (χ2v) is 6.50. The Kier molecular flexibility index (Phi) is 4.65. The normalized spacial score (nSPS) is 16.2. The van der Waals surface area contributed by atoms with Crippen molar-refractivity contribution in [1.82, 2.24) is 15.0 Å². The molecule has 0 aliphatic carbocycles. The highest BCUT2D eigenvalue weighted by Gasteiger charge is 2.32. The van der Waals surface area contributed by atoms with Crippen LogP contribution in [0.2, 0.25) is 0 Å². The molecular weight excluding hydrogens is 356 g/mol. The van der Waals surface area contributed by atoms with Gasteiger partial charge in [-0.15, -0.1) is 0 Å². The Morgan fingerprint density at radius 1 is 1.00 bits per heavy atom. The minimum Gasteiger partial charge on any atom is -0.493 e. The molecule has 0 bridgehead atoms. The fraction of sp³-hybridized carbons (Fsp3) is 0.238. The summed E-state index contributed by atoms with van der Waals surface area (Å²) in [5, 5.41) is 6.13. The van der Waals surface area contributed by atoms with Crippen molar-refractivity contribution in [3.63, 3.8) is 0 Å². The molecule has 1 aliphatic rings. The van der Waals surface area contributed by atoms with Gasteiger partial charge in [0, 0.05) is 31.3 Å². The lowest BCUT2D eigenvalue weighted by molar-refractivity contribution is -0.130. The van der Waals surface area contributed by atoms with Crippen LogP contribution in [0, 0.1) is 0 Å². The summed E-state index contributed by atoms with van der Waals surface area (Å²) < 4.78 is 10.7. The van der Waals surface area contributed by atoms with Crippen molar-refractivity contribution in [2.24, 2.45) is 5.10 Å². The number of aromatic nitrogens is 2. The number of rotatable bonds is 4. The lowest BCUT2D eigenvalue weighted by atomic mass is 9.97. The molecule has 0 N–H and O–H groups in total. The van der Waals surface area contributed by atoms with Crippen LogP contribution in [0.25, 0.3) is 11.0 Å². The van der Waals surface area contributed by atoms with E-state index in [-0.39, 0.29) is 11.9 Å². The molecule has 2 heterocycles. The first kappa shape index (κ1) is 17.9. The lowest BCUT2D eigenvalue weighted by Crippen LogP contribution is -2.24. The number of hydrazone groups is 1.